The number of amides is 1. The van der Waals surface area contributed by atoms with E-state index in [4.69, 9.17) is 9.84 Å². The lowest BCUT2D eigenvalue weighted by molar-refractivity contribution is -0.137. The topological polar surface area (TPSA) is 75.6 Å². The van der Waals surface area contributed by atoms with Crippen LogP contribution in [0.3, 0.4) is 0 Å². The van der Waals surface area contributed by atoms with Crippen molar-refractivity contribution in [2.75, 3.05) is 6.54 Å². The summed E-state index contributed by atoms with van der Waals surface area (Å²) in [6.07, 6.45) is 1.09. The van der Waals surface area contributed by atoms with Gasteiger partial charge >= 0.3 is 12.1 Å². The zero-order valence-corrected chi connectivity index (χ0v) is 11.7. The largest absolute Gasteiger partial charge is 0.481 e. The molecule has 110 valence electrons. The van der Waals surface area contributed by atoms with E-state index in [1.54, 1.807) is 0 Å². The Hall–Kier alpha value is -2.04. The number of carboxylic acid groups (broad SMARTS) is 1. The highest BCUT2D eigenvalue weighted by molar-refractivity contribution is 5.67. The van der Waals surface area contributed by atoms with Crippen LogP contribution in [-0.2, 0) is 16.1 Å². The van der Waals surface area contributed by atoms with Gasteiger partial charge in [0.05, 0.1) is 0 Å². The van der Waals surface area contributed by atoms with Crippen LogP contribution in [0.25, 0.3) is 0 Å². The third-order valence-corrected chi connectivity index (χ3v) is 2.97. The van der Waals surface area contributed by atoms with Crippen molar-refractivity contribution >= 4 is 12.1 Å². The molecule has 5 nitrogen and oxygen atoms in total. The van der Waals surface area contributed by atoms with E-state index in [-0.39, 0.29) is 18.9 Å². The molecule has 1 amide bonds. The summed E-state index contributed by atoms with van der Waals surface area (Å²) in [4.78, 5) is 21.9. The molecule has 0 fully saturated rings. The summed E-state index contributed by atoms with van der Waals surface area (Å²) >= 11 is 0. The average Bonchev–Trinajstić information content (AvgIpc) is 2.44. The van der Waals surface area contributed by atoms with Crippen molar-refractivity contribution in [1.82, 2.24) is 5.32 Å². The first kappa shape index (κ1) is 16.0. The standard InChI is InChI=1S/C15H21NO4/c1-12(7-8-14(17)18)9-10-16-15(19)20-11-13-5-3-2-4-6-13/h2-6,12H,7-11H2,1H3,(H,16,19)(H,17,18). The molecule has 0 aliphatic rings. The molecular weight excluding hydrogens is 258 g/mol. The molecule has 0 saturated heterocycles. The molecule has 0 aliphatic heterocycles. The van der Waals surface area contributed by atoms with Gasteiger partial charge in [-0.1, -0.05) is 37.3 Å². The summed E-state index contributed by atoms with van der Waals surface area (Å²) in [6.45, 7) is 2.72. The summed E-state index contributed by atoms with van der Waals surface area (Å²) in [7, 11) is 0. The minimum absolute atomic E-state index is 0.166. The highest BCUT2D eigenvalue weighted by Crippen LogP contribution is 2.09. The van der Waals surface area contributed by atoms with E-state index in [1.165, 1.54) is 0 Å². The lowest BCUT2D eigenvalue weighted by atomic mass is 10.0. The number of nitrogens with one attached hydrogen (secondary N) is 1. The summed E-state index contributed by atoms with van der Waals surface area (Å²) in [5.41, 5.74) is 0.942. The summed E-state index contributed by atoms with van der Waals surface area (Å²) in [5.74, 6) is -0.521. The molecule has 0 saturated carbocycles. The maximum Gasteiger partial charge on any atom is 0.407 e. The number of alkyl carbamates (subject to hydrolysis) is 1. The van der Waals surface area contributed by atoms with E-state index in [0.29, 0.717) is 13.0 Å². The third-order valence-electron chi connectivity index (χ3n) is 2.97. The molecule has 0 aliphatic carbocycles. The Balaban J connectivity index is 2.09. The Kier molecular flexibility index (Phi) is 7.17. The predicted molar refractivity (Wildman–Crippen MR) is 75.3 cm³/mol. The Bertz CT molecular complexity index is 419. The van der Waals surface area contributed by atoms with Gasteiger partial charge in [-0.25, -0.2) is 4.79 Å². The summed E-state index contributed by atoms with van der Waals surface area (Å²) < 4.78 is 5.06. The number of rotatable bonds is 8. The van der Waals surface area contributed by atoms with Crippen LogP contribution in [0, 0.1) is 5.92 Å². The van der Waals surface area contributed by atoms with Gasteiger partial charge in [0.15, 0.2) is 0 Å². The Morgan fingerprint density at radius 1 is 1.25 bits per heavy atom. The van der Waals surface area contributed by atoms with Crippen molar-refractivity contribution in [2.45, 2.75) is 32.8 Å². The smallest absolute Gasteiger partial charge is 0.407 e. The van der Waals surface area contributed by atoms with Crippen LogP contribution in [0.5, 0.6) is 0 Å². The molecule has 0 aromatic heterocycles. The molecule has 1 aromatic carbocycles. The fourth-order valence-electron chi connectivity index (χ4n) is 1.71. The quantitative estimate of drug-likeness (QED) is 0.767. The Morgan fingerprint density at radius 3 is 2.60 bits per heavy atom. The minimum Gasteiger partial charge on any atom is -0.481 e. The van der Waals surface area contributed by atoms with Crippen molar-refractivity contribution < 1.29 is 19.4 Å². The number of ether oxygens (including phenoxy) is 1. The van der Waals surface area contributed by atoms with E-state index in [1.807, 2.05) is 37.3 Å². The van der Waals surface area contributed by atoms with Crippen LogP contribution in [0.15, 0.2) is 30.3 Å². The van der Waals surface area contributed by atoms with Gasteiger partial charge in [-0.3, -0.25) is 4.79 Å². The van der Waals surface area contributed by atoms with Gasteiger partial charge in [-0.15, -0.1) is 0 Å². The molecule has 0 bridgehead atoms. The lowest BCUT2D eigenvalue weighted by Crippen LogP contribution is -2.26. The highest BCUT2D eigenvalue weighted by Gasteiger charge is 2.07. The van der Waals surface area contributed by atoms with E-state index in [0.717, 1.165) is 12.0 Å². The number of carboxylic acids is 1. The normalized spacial score (nSPS) is 11.7. The molecular formula is C15H21NO4. The number of benzene rings is 1. The summed E-state index contributed by atoms with van der Waals surface area (Å²) in [6, 6.07) is 9.46. The lowest BCUT2D eigenvalue weighted by Gasteiger charge is -2.11. The van der Waals surface area contributed by atoms with E-state index in [9.17, 15) is 9.59 Å². The predicted octanol–water partition coefficient (Wildman–Crippen LogP) is 2.80. The highest BCUT2D eigenvalue weighted by atomic mass is 16.5. The second kappa shape index (κ2) is 8.96. The number of aliphatic carboxylic acids is 1. The molecule has 0 heterocycles. The minimum atomic E-state index is -0.785. The second-order valence-corrected chi connectivity index (χ2v) is 4.81. The molecule has 1 rings (SSSR count). The van der Waals surface area contributed by atoms with Crippen molar-refractivity contribution in [3.8, 4) is 0 Å². The Labute approximate surface area is 118 Å². The van der Waals surface area contributed by atoms with Crippen LogP contribution in [0.4, 0.5) is 4.79 Å². The zero-order chi connectivity index (χ0) is 14.8. The van der Waals surface area contributed by atoms with Crippen molar-refractivity contribution in [3.05, 3.63) is 35.9 Å². The maximum atomic E-state index is 11.4. The van der Waals surface area contributed by atoms with Gasteiger partial charge in [0.2, 0.25) is 0 Å². The molecule has 1 aromatic rings. The van der Waals surface area contributed by atoms with Crippen LogP contribution in [0.1, 0.15) is 31.7 Å². The first-order chi connectivity index (χ1) is 9.58. The fraction of sp³-hybridized carbons (Fsp3) is 0.467. The number of carbonyl (C=O) groups excluding carboxylic acids is 1. The third kappa shape index (κ3) is 7.41. The van der Waals surface area contributed by atoms with Gasteiger partial charge in [-0.2, -0.15) is 0 Å². The van der Waals surface area contributed by atoms with E-state index >= 15 is 0 Å². The molecule has 5 heteroatoms. The average molecular weight is 279 g/mol. The fourth-order valence-corrected chi connectivity index (χ4v) is 1.71. The SMILES string of the molecule is CC(CCNC(=O)OCc1ccccc1)CCC(=O)O. The van der Waals surface area contributed by atoms with Crippen LogP contribution >= 0.6 is 0 Å². The Morgan fingerprint density at radius 2 is 1.95 bits per heavy atom. The van der Waals surface area contributed by atoms with Gasteiger partial charge < -0.3 is 15.2 Å². The number of hydrogen-bond acceptors (Lipinski definition) is 3. The molecule has 1 atom stereocenters. The van der Waals surface area contributed by atoms with Crippen LogP contribution < -0.4 is 5.32 Å². The zero-order valence-electron chi connectivity index (χ0n) is 11.7. The van der Waals surface area contributed by atoms with Crippen molar-refractivity contribution in [1.29, 1.82) is 0 Å². The number of carbonyl (C=O) groups is 2. The number of hydrogen-bond donors (Lipinski definition) is 2. The molecule has 0 radical (unpaired) electrons. The molecule has 20 heavy (non-hydrogen) atoms. The van der Waals surface area contributed by atoms with E-state index in [2.05, 4.69) is 5.32 Å². The first-order valence-corrected chi connectivity index (χ1v) is 6.74. The maximum absolute atomic E-state index is 11.4. The summed E-state index contributed by atoms with van der Waals surface area (Å²) in [5, 5.41) is 11.2. The monoisotopic (exact) mass is 279 g/mol. The second-order valence-electron chi connectivity index (χ2n) is 4.81. The van der Waals surface area contributed by atoms with Gasteiger partial charge in [0.25, 0.3) is 0 Å². The first-order valence-electron chi connectivity index (χ1n) is 6.74. The van der Waals surface area contributed by atoms with Crippen LogP contribution in [-0.4, -0.2) is 23.7 Å². The molecule has 2 N–H and O–H groups in total. The molecule has 0 spiro atoms. The van der Waals surface area contributed by atoms with E-state index < -0.39 is 12.1 Å². The molecule has 1 unspecified atom stereocenters. The van der Waals surface area contributed by atoms with Gasteiger partial charge in [-0.05, 0) is 24.3 Å². The van der Waals surface area contributed by atoms with Crippen molar-refractivity contribution in [2.24, 2.45) is 5.92 Å². The van der Waals surface area contributed by atoms with Gasteiger partial charge in [0, 0.05) is 13.0 Å². The van der Waals surface area contributed by atoms with Crippen molar-refractivity contribution in [3.63, 3.8) is 0 Å². The van der Waals surface area contributed by atoms with Gasteiger partial charge in [0.1, 0.15) is 6.61 Å². The van der Waals surface area contributed by atoms with Crippen LogP contribution in [0.2, 0.25) is 0 Å².